The summed E-state index contributed by atoms with van der Waals surface area (Å²) in [6.07, 6.45) is 0.411. The van der Waals surface area contributed by atoms with Crippen LogP contribution in [0.15, 0.2) is 10.9 Å². The lowest BCUT2D eigenvalue weighted by molar-refractivity contribution is -0.134. The van der Waals surface area contributed by atoms with E-state index >= 15 is 0 Å². The summed E-state index contributed by atoms with van der Waals surface area (Å²) >= 11 is 0. The highest BCUT2D eigenvalue weighted by molar-refractivity contribution is 6.10. The van der Waals surface area contributed by atoms with E-state index in [1.165, 1.54) is 21.3 Å². The van der Waals surface area contributed by atoms with Crippen LogP contribution in [0.4, 0.5) is 0 Å². The van der Waals surface area contributed by atoms with E-state index in [2.05, 4.69) is 9.72 Å². The number of nitrogens with one attached hydrogen (secondary N) is 1. The molecule has 0 saturated carbocycles. The fraction of sp³-hybridized carbons (Fsp3) is 0.400. The van der Waals surface area contributed by atoms with Crippen LogP contribution in [0.1, 0.15) is 23.8 Å². The standard InChI is InChI=1S/C15H17NO6/c1-7-5-10(20-2)13-12(11(7)15(19)22-4)9(17)6-8(16-13)14(18)21-3/h6-7,16H,5H2,1-4H3. The van der Waals surface area contributed by atoms with Gasteiger partial charge in [0.1, 0.15) is 11.5 Å². The van der Waals surface area contributed by atoms with Gasteiger partial charge < -0.3 is 19.2 Å². The zero-order valence-corrected chi connectivity index (χ0v) is 12.8. The molecule has 1 N–H and O–H groups in total. The van der Waals surface area contributed by atoms with Gasteiger partial charge >= 0.3 is 11.9 Å². The van der Waals surface area contributed by atoms with Crippen molar-refractivity contribution in [3.05, 3.63) is 32.6 Å². The average molecular weight is 307 g/mol. The largest absolute Gasteiger partial charge is 0.499 e. The Labute approximate surface area is 126 Å². The summed E-state index contributed by atoms with van der Waals surface area (Å²) in [5, 5.41) is 0.490. The summed E-state index contributed by atoms with van der Waals surface area (Å²) in [7, 11) is 3.95. The number of aromatic nitrogens is 1. The molecule has 0 saturated heterocycles. The van der Waals surface area contributed by atoms with Crippen molar-refractivity contribution in [2.45, 2.75) is 13.3 Å². The molecule has 0 radical (unpaired) electrons. The predicted molar refractivity (Wildman–Crippen MR) is 77.3 cm³/mol. The third kappa shape index (κ3) is 2.49. The second-order valence-corrected chi connectivity index (χ2v) is 4.93. The molecule has 1 heterocycles. The third-order valence-electron chi connectivity index (χ3n) is 3.62. The van der Waals surface area contributed by atoms with Gasteiger partial charge in [-0.15, -0.1) is 0 Å². The second-order valence-electron chi connectivity index (χ2n) is 4.93. The molecular formula is C15H17NO6. The highest BCUT2D eigenvalue weighted by atomic mass is 16.5. The molecule has 1 aliphatic rings. The smallest absolute Gasteiger partial charge is 0.354 e. The molecule has 0 amide bonds. The molecule has 1 atom stereocenters. The molecule has 22 heavy (non-hydrogen) atoms. The number of H-pyrrole nitrogens is 1. The predicted octanol–water partition coefficient (Wildman–Crippen LogP) is -0.720. The fourth-order valence-corrected chi connectivity index (χ4v) is 2.58. The van der Waals surface area contributed by atoms with Gasteiger partial charge in [-0.1, -0.05) is 6.92 Å². The van der Waals surface area contributed by atoms with E-state index in [4.69, 9.17) is 9.47 Å². The first-order valence-electron chi connectivity index (χ1n) is 6.65. The van der Waals surface area contributed by atoms with Crippen molar-refractivity contribution in [1.29, 1.82) is 0 Å². The lowest BCUT2D eigenvalue weighted by Gasteiger charge is -2.20. The van der Waals surface area contributed by atoms with Crippen LogP contribution >= 0.6 is 0 Å². The van der Waals surface area contributed by atoms with Crippen LogP contribution in [0.2, 0.25) is 0 Å². The zero-order chi connectivity index (χ0) is 16.4. The normalized spacial score (nSPS) is 16.8. The van der Waals surface area contributed by atoms with Crippen molar-refractivity contribution >= 4 is 23.3 Å². The van der Waals surface area contributed by atoms with Gasteiger partial charge in [0.15, 0.2) is 5.43 Å². The van der Waals surface area contributed by atoms with Crippen molar-refractivity contribution in [3.8, 4) is 0 Å². The minimum Gasteiger partial charge on any atom is -0.499 e. The number of hydrogen-bond acceptors (Lipinski definition) is 6. The van der Waals surface area contributed by atoms with Crippen LogP contribution in [0.5, 0.6) is 0 Å². The molecule has 2 rings (SSSR count). The molecule has 118 valence electrons. The number of hydrogen-bond donors (Lipinski definition) is 1. The SMILES string of the molecule is COC(=O)C1=c2c(=O)cc(C(=O)OC)[nH]c2=C(OC)CC1C. The van der Waals surface area contributed by atoms with E-state index in [0.29, 0.717) is 17.5 Å². The first-order valence-corrected chi connectivity index (χ1v) is 6.65. The van der Waals surface area contributed by atoms with E-state index in [-0.39, 0.29) is 22.4 Å². The van der Waals surface area contributed by atoms with E-state index in [1.807, 2.05) is 6.92 Å². The van der Waals surface area contributed by atoms with E-state index in [9.17, 15) is 14.4 Å². The van der Waals surface area contributed by atoms with Crippen LogP contribution in [0.3, 0.4) is 0 Å². The Morgan fingerprint density at radius 1 is 1.18 bits per heavy atom. The topological polar surface area (TPSA) is 94.7 Å². The van der Waals surface area contributed by atoms with Crippen molar-refractivity contribution in [3.63, 3.8) is 0 Å². The van der Waals surface area contributed by atoms with Crippen LogP contribution in [0.25, 0.3) is 11.3 Å². The Bertz CT molecular complexity index is 804. The molecule has 1 unspecified atom stereocenters. The van der Waals surface area contributed by atoms with E-state index < -0.39 is 17.4 Å². The molecule has 1 aliphatic carbocycles. The molecule has 7 heteroatoms. The Balaban J connectivity index is 2.97. The number of rotatable bonds is 3. The number of methoxy groups -OCH3 is 3. The van der Waals surface area contributed by atoms with Crippen LogP contribution in [-0.4, -0.2) is 38.3 Å². The maximum atomic E-state index is 12.4. The minimum atomic E-state index is -0.673. The monoisotopic (exact) mass is 307 g/mol. The number of fused-ring (bicyclic) bond motifs is 1. The van der Waals surface area contributed by atoms with Gasteiger partial charge in [-0.2, -0.15) is 0 Å². The Kier molecular flexibility index (Phi) is 4.35. The maximum absolute atomic E-state index is 12.4. The molecule has 1 aromatic heterocycles. The number of aromatic amines is 1. The van der Waals surface area contributed by atoms with Gasteiger partial charge in [0.2, 0.25) is 0 Å². The number of ether oxygens (including phenoxy) is 3. The molecule has 7 nitrogen and oxygen atoms in total. The number of carbonyl (C=O) groups is 2. The fourth-order valence-electron chi connectivity index (χ4n) is 2.58. The van der Waals surface area contributed by atoms with Gasteiger partial charge in [0.05, 0.1) is 37.5 Å². The summed E-state index contributed by atoms with van der Waals surface area (Å²) in [5.74, 6) is -0.980. The Morgan fingerprint density at radius 2 is 1.82 bits per heavy atom. The van der Waals surface area contributed by atoms with Crippen molar-refractivity contribution in [1.82, 2.24) is 4.98 Å². The van der Waals surface area contributed by atoms with Crippen LogP contribution in [0, 0.1) is 5.92 Å². The van der Waals surface area contributed by atoms with Crippen molar-refractivity contribution < 1.29 is 23.8 Å². The molecule has 0 spiro atoms. The lowest BCUT2D eigenvalue weighted by Crippen LogP contribution is -2.49. The van der Waals surface area contributed by atoms with Crippen LogP contribution < -0.4 is 16.0 Å². The summed E-state index contributed by atoms with van der Waals surface area (Å²) in [4.78, 5) is 38.9. The van der Waals surface area contributed by atoms with E-state index in [0.717, 1.165) is 6.07 Å². The maximum Gasteiger partial charge on any atom is 0.354 e. The van der Waals surface area contributed by atoms with Gasteiger partial charge in [-0.05, 0) is 5.92 Å². The van der Waals surface area contributed by atoms with Crippen molar-refractivity contribution in [2.24, 2.45) is 5.92 Å². The molecule has 1 aromatic rings. The number of carbonyl (C=O) groups excluding carboxylic acids is 2. The Morgan fingerprint density at radius 3 is 2.36 bits per heavy atom. The second kappa shape index (κ2) is 6.05. The first-order chi connectivity index (χ1) is 10.4. The summed E-state index contributed by atoms with van der Waals surface area (Å²) in [6.45, 7) is 1.81. The van der Waals surface area contributed by atoms with Gasteiger partial charge in [-0.3, -0.25) is 4.79 Å². The lowest BCUT2D eigenvalue weighted by atomic mass is 9.90. The van der Waals surface area contributed by atoms with E-state index in [1.54, 1.807) is 0 Å². The summed E-state index contributed by atoms with van der Waals surface area (Å²) < 4.78 is 14.7. The minimum absolute atomic E-state index is 0.000399. The summed E-state index contributed by atoms with van der Waals surface area (Å²) in [6, 6.07) is 1.11. The quantitative estimate of drug-likeness (QED) is 0.741. The molecular weight excluding hydrogens is 290 g/mol. The molecule has 0 fully saturated rings. The van der Waals surface area contributed by atoms with Gasteiger partial charge in [-0.25, -0.2) is 9.59 Å². The summed E-state index contributed by atoms with van der Waals surface area (Å²) in [5.41, 5.74) is -0.189. The van der Waals surface area contributed by atoms with Crippen LogP contribution in [-0.2, 0) is 19.0 Å². The molecule has 0 aliphatic heterocycles. The van der Waals surface area contributed by atoms with Crippen molar-refractivity contribution in [2.75, 3.05) is 21.3 Å². The highest BCUT2D eigenvalue weighted by Gasteiger charge is 2.27. The Hall–Kier alpha value is -2.57. The number of esters is 2. The highest BCUT2D eigenvalue weighted by Crippen LogP contribution is 2.22. The zero-order valence-electron chi connectivity index (χ0n) is 12.8. The average Bonchev–Trinajstić information content (AvgIpc) is 2.52. The molecule has 0 bridgehead atoms. The van der Waals surface area contributed by atoms with Gasteiger partial charge in [0.25, 0.3) is 0 Å². The first kappa shape index (κ1) is 15.8. The van der Waals surface area contributed by atoms with Gasteiger partial charge in [0, 0.05) is 12.5 Å². The third-order valence-corrected chi connectivity index (χ3v) is 3.62. The number of pyridine rings is 1. The molecule has 0 aromatic carbocycles.